The van der Waals surface area contributed by atoms with Crippen LogP contribution < -0.4 is 10.1 Å². The zero-order valence-electron chi connectivity index (χ0n) is 22.7. The number of benzene rings is 5. The highest BCUT2D eigenvalue weighted by Crippen LogP contribution is 2.38. The van der Waals surface area contributed by atoms with Crippen molar-refractivity contribution in [3.05, 3.63) is 136 Å². The fourth-order valence-corrected chi connectivity index (χ4v) is 5.30. The van der Waals surface area contributed by atoms with E-state index >= 15 is 0 Å². The van der Waals surface area contributed by atoms with Gasteiger partial charge < -0.3 is 10.1 Å². The fourth-order valence-electron chi connectivity index (χ4n) is 5.03. The fraction of sp³-hybridized carbons (Fsp3) is 0.118. The number of nitrogens with zero attached hydrogens (tertiary/aromatic N) is 2. The molecule has 1 aliphatic heterocycles. The Hall–Kier alpha value is -4.63. The van der Waals surface area contributed by atoms with Crippen molar-refractivity contribution in [1.82, 2.24) is 5.01 Å². The largest absolute Gasteiger partial charge is 0.455 e. The molecule has 6 rings (SSSR count). The summed E-state index contributed by atoms with van der Waals surface area (Å²) < 4.78 is 47.5. The molecule has 0 bridgehead atoms. The van der Waals surface area contributed by atoms with Crippen LogP contribution in [0.4, 0.5) is 18.9 Å². The first kappa shape index (κ1) is 28.5. The number of rotatable bonds is 7. The SMILES string of the molecule is O=C(CNc1cc(C(F)(F)F)ccc1Oc1ccc(Br)cc1)N1N=C(c2ccc3ccccc3c2)CC1c1ccccc1. The first-order valence-corrected chi connectivity index (χ1v) is 14.4. The normalized spacial score (nSPS) is 14.9. The molecule has 5 aromatic rings. The maximum Gasteiger partial charge on any atom is 0.416 e. The number of carbonyl (C=O) groups is 1. The maximum absolute atomic E-state index is 13.7. The van der Waals surface area contributed by atoms with E-state index in [-0.39, 0.29) is 24.0 Å². The number of alkyl halides is 3. The molecule has 9 heteroatoms. The first-order valence-electron chi connectivity index (χ1n) is 13.6. The molecule has 1 amide bonds. The predicted molar refractivity (Wildman–Crippen MR) is 165 cm³/mol. The molecule has 0 aromatic heterocycles. The van der Waals surface area contributed by atoms with E-state index in [1.165, 1.54) is 11.1 Å². The maximum atomic E-state index is 13.7. The Balaban J connectivity index is 1.28. The summed E-state index contributed by atoms with van der Waals surface area (Å²) >= 11 is 3.36. The highest BCUT2D eigenvalue weighted by molar-refractivity contribution is 9.10. The minimum atomic E-state index is -4.57. The van der Waals surface area contributed by atoms with Gasteiger partial charge in [-0.1, -0.05) is 82.7 Å². The molecule has 0 radical (unpaired) electrons. The van der Waals surface area contributed by atoms with Crippen molar-refractivity contribution in [3.63, 3.8) is 0 Å². The van der Waals surface area contributed by atoms with Crippen molar-refractivity contribution in [1.29, 1.82) is 0 Å². The second-order valence-electron chi connectivity index (χ2n) is 10.1. The number of carbonyl (C=O) groups excluding carboxylic acids is 1. The number of nitrogens with one attached hydrogen (secondary N) is 1. The van der Waals surface area contributed by atoms with E-state index in [4.69, 9.17) is 9.84 Å². The number of halogens is 4. The van der Waals surface area contributed by atoms with E-state index in [1.54, 1.807) is 24.3 Å². The molecule has 216 valence electrons. The van der Waals surface area contributed by atoms with Crippen LogP contribution in [0.3, 0.4) is 0 Å². The van der Waals surface area contributed by atoms with Crippen LogP contribution in [-0.4, -0.2) is 23.2 Å². The van der Waals surface area contributed by atoms with E-state index in [0.29, 0.717) is 12.2 Å². The second-order valence-corrected chi connectivity index (χ2v) is 11.0. The van der Waals surface area contributed by atoms with Crippen LogP contribution in [0.25, 0.3) is 10.8 Å². The molecule has 1 atom stereocenters. The predicted octanol–water partition coefficient (Wildman–Crippen LogP) is 9.20. The second kappa shape index (κ2) is 11.9. The molecule has 1 aliphatic rings. The number of anilines is 1. The topological polar surface area (TPSA) is 53.9 Å². The molecule has 0 fully saturated rings. The summed E-state index contributed by atoms with van der Waals surface area (Å²) in [5.41, 5.74) is 1.76. The third-order valence-electron chi connectivity index (χ3n) is 7.21. The Morgan fingerprint density at radius 1 is 0.884 bits per heavy atom. The Morgan fingerprint density at radius 2 is 1.60 bits per heavy atom. The van der Waals surface area contributed by atoms with Crippen molar-refractivity contribution in [3.8, 4) is 11.5 Å². The summed E-state index contributed by atoms with van der Waals surface area (Å²) in [5.74, 6) is 0.201. The van der Waals surface area contributed by atoms with Gasteiger partial charge in [0.15, 0.2) is 5.75 Å². The van der Waals surface area contributed by atoms with Crippen molar-refractivity contribution in [2.75, 3.05) is 11.9 Å². The van der Waals surface area contributed by atoms with Crippen LogP contribution >= 0.6 is 15.9 Å². The third kappa shape index (κ3) is 6.41. The standard InChI is InChI=1S/C34H25BrF3N3O2/c35-27-13-15-28(16-14-27)43-32-17-12-26(34(36,37)38)19-30(32)39-21-33(42)41-31(23-7-2-1-3-8-23)20-29(40-41)25-11-10-22-6-4-5-9-24(22)18-25/h1-19,31,39H,20-21H2. The molecule has 0 saturated carbocycles. The number of hydrazone groups is 1. The van der Waals surface area contributed by atoms with Gasteiger partial charge >= 0.3 is 6.18 Å². The number of ether oxygens (including phenoxy) is 1. The summed E-state index contributed by atoms with van der Waals surface area (Å²) in [7, 11) is 0. The van der Waals surface area contributed by atoms with Crippen molar-refractivity contribution >= 4 is 44.0 Å². The Kier molecular flexibility index (Phi) is 7.90. The van der Waals surface area contributed by atoms with E-state index < -0.39 is 17.6 Å². The van der Waals surface area contributed by atoms with Gasteiger partial charge in [0.1, 0.15) is 5.75 Å². The summed E-state index contributed by atoms with van der Waals surface area (Å²) in [6.07, 6.45) is -4.07. The summed E-state index contributed by atoms with van der Waals surface area (Å²) in [4.78, 5) is 13.7. The van der Waals surface area contributed by atoms with Crippen LogP contribution in [0.1, 0.15) is 29.2 Å². The van der Waals surface area contributed by atoms with Gasteiger partial charge in [0.25, 0.3) is 5.91 Å². The van der Waals surface area contributed by atoms with Gasteiger partial charge in [0.05, 0.1) is 29.5 Å². The third-order valence-corrected chi connectivity index (χ3v) is 7.74. The van der Waals surface area contributed by atoms with Gasteiger partial charge in [0.2, 0.25) is 0 Å². The Bertz CT molecular complexity index is 1810. The number of hydrogen-bond donors (Lipinski definition) is 1. The summed E-state index contributed by atoms with van der Waals surface area (Å²) in [6, 6.07) is 33.3. The van der Waals surface area contributed by atoms with Crippen LogP contribution in [0.2, 0.25) is 0 Å². The average molecular weight is 644 g/mol. The van der Waals surface area contributed by atoms with Crippen LogP contribution in [0.5, 0.6) is 11.5 Å². The average Bonchev–Trinajstić information content (AvgIpc) is 3.47. The van der Waals surface area contributed by atoms with E-state index in [0.717, 1.165) is 44.2 Å². The molecule has 5 aromatic carbocycles. The summed E-state index contributed by atoms with van der Waals surface area (Å²) in [5, 5.41) is 11.2. The molecule has 1 unspecified atom stereocenters. The van der Waals surface area contributed by atoms with E-state index in [1.807, 2.05) is 66.7 Å². The lowest BCUT2D eigenvalue weighted by molar-refractivity contribution is -0.137. The smallest absolute Gasteiger partial charge is 0.416 e. The van der Waals surface area contributed by atoms with Crippen LogP contribution in [-0.2, 0) is 11.0 Å². The molecular formula is C34H25BrF3N3O2. The Labute approximate surface area is 254 Å². The molecule has 43 heavy (non-hydrogen) atoms. The minimum Gasteiger partial charge on any atom is -0.455 e. The molecule has 5 nitrogen and oxygen atoms in total. The minimum absolute atomic E-state index is 0.0419. The van der Waals surface area contributed by atoms with Gasteiger partial charge in [-0.3, -0.25) is 4.79 Å². The Morgan fingerprint density at radius 3 is 2.35 bits per heavy atom. The molecule has 1 heterocycles. The van der Waals surface area contributed by atoms with Gasteiger partial charge in [0, 0.05) is 10.9 Å². The lowest BCUT2D eigenvalue weighted by Crippen LogP contribution is -2.32. The first-order chi connectivity index (χ1) is 20.7. The molecule has 0 aliphatic carbocycles. The summed E-state index contributed by atoms with van der Waals surface area (Å²) in [6.45, 7) is -0.296. The van der Waals surface area contributed by atoms with Crippen LogP contribution in [0.15, 0.2) is 125 Å². The molecule has 0 saturated heterocycles. The van der Waals surface area contributed by atoms with Gasteiger partial charge in [-0.2, -0.15) is 18.3 Å². The quantitative estimate of drug-likeness (QED) is 0.192. The molecule has 0 spiro atoms. The van der Waals surface area contributed by atoms with Gasteiger partial charge in [-0.25, -0.2) is 5.01 Å². The lowest BCUT2D eigenvalue weighted by atomic mass is 9.97. The lowest BCUT2D eigenvalue weighted by Gasteiger charge is -2.23. The monoisotopic (exact) mass is 643 g/mol. The molecule has 1 N–H and O–H groups in total. The number of hydrogen-bond acceptors (Lipinski definition) is 4. The number of fused-ring (bicyclic) bond motifs is 1. The van der Waals surface area contributed by atoms with Crippen molar-refractivity contribution in [2.24, 2.45) is 5.10 Å². The van der Waals surface area contributed by atoms with Crippen LogP contribution in [0, 0.1) is 0 Å². The van der Waals surface area contributed by atoms with E-state index in [2.05, 4.69) is 27.3 Å². The highest BCUT2D eigenvalue weighted by Gasteiger charge is 2.34. The number of amides is 1. The zero-order chi connectivity index (χ0) is 30.0. The van der Waals surface area contributed by atoms with Gasteiger partial charge in [-0.05, 0) is 70.4 Å². The van der Waals surface area contributed by atoms with E-state index in [9.17, 15) is 18.0 Å². The van der Waals surface area contributed by atoms with Gasteiger partial charge in [-0.15, -0.1) is 0 Å². The van der Waals surface area contributed by atoms with Crippen molar-refractivity contribution < 1.29 is 22.7 Å². The molecular weight excluding hydrogens is 619 g/mol. The highest BCUT2D eigenvalue weighted by atomic mass is 79.9. The van der Waals surface area contributed by atoms with Crippen molar-refractivity contribution in [2.45, 2.75) is 18.6 Å². The zero-order valence-corrected chi connectivity index (χ0v) is 24.3.